The summed E-state index contributed by atoms with van der Waals surface area (Å²) in [5.74, 6) is 0.353. The summed E-state index contributed by atoms with van der Waals surface area (Å²) in [7, 11) is 2.99. The lowest BCUT2D eigenvalue weighted by atomic mass is 9.96. The molecule has 0 aliphatic heterocycles. The van der Waals surface area contributed by atoms with Gasteiger partial charge in [0.15, 0.2) is 5.65 Å². The number of anilines is 1. The topological polar surface area (TPSA) is 98.9 Å². The number of hydrogen-bond acceptors (Lipinski definition) is 6. The molecule has 0 atom stereocenters. The van der Waals surface area contributed by atoms with E-state index in [-0.39, 0.29) is 22.7 Å². The summed E-state index contributed by atoms with van der Waals surface area (Å²) in [6.07, 6.45) is 0. The van der Waals surface area contributed by atoms with Crippen LogP contribution >= 0.6 is 11.8 Å². The highest BCUT2D eigenvalue weighted by Crippen LogP contribution is 2.27. The number of benzene rings is 1. The smallest absolute Gasteiger partial charge is 0.325 e. The monoisotopic (exact) mass is 427 g/mol. The van der Waals surface area contributed by atoms with E-state index in [0.29, 0.717) is 16.5 Å². The molecule has 0 aliphatic rings. The lowest BCUT2D eigenvalue weighted by molar-refractivity contribution is -0.113. The van der Waals surface area contributed by atoms with Crippen LogP contribution in [0, 0.1) is 6.92 Å². The first kappa shape index (κ1) is 21.8. The van der Waals surface area contributed by atoms with Gasteiger partial charge in [-0.3, -0.25) is 18.7 Å². The van der Waals surface area contributed by atoms with E-state index >= 15 is 0 Å². The average Bonchev–Trinajstić information content (AvgIpc) is 2.67. The molecule has 0 unspecified atom stereocenters. The largest absolute Gasteiger partial charge is 0.332 e. The Bertz CT molecular complexity index is 1250. The first-order valence-corrected chi connectivity index (χ1v) is 10.4. The standard InChI is InChI=1S/C21H25N5O3S/c1-12-8-7-9-13(10-12)22-14(27)11-30-17-15-16(23-19(24-17)21(2,3)4)25(5)20(29)26(6)18(15)28/h7-10H,11H2,1-6H3,(H,22,27). The average molecular weight is 428 g/mol. The predicted octanol–water partition coefficient (Wildman–Crippen LogP) is 2.36. The Balaban J connectivity index is 2.02. The molecule has 0 saturated heterocycles. The Morgan fingerprint density at radius 3 is 2.47 bits per heavy atom. The second-order valence-electron chi connectivity index (χ2n) is 8.21. The lowest BCUT2D eigenvalue weighted by Crippen LogP contribution is -2.38. The zero-order chi connectivity index (χ0) is 22.2. The van der Waals surface area contributed by atoms with Gasteiger partial charge in [0.25, 0.3) is 5.56 Å². The van der Waals surface area contributed by atoms with Crippen molar-refractivity contribution in [2.45, 2.75) is 38.1 Å². The maximum Gasteiger partial charge on any atom is 0.332 e. The van der Waals surface area contributed by atoms with Crippen LogP contribution in [-0.2, 0) is 24.3 Å². The van der Waals surface area contributed by atoms with Crippen molar-refractivity contribution in [2.75, 3.05) is 11.1 Å². The van der Waals surface area contributed by atoms with Gasteiger partial charge in [0.05, 0.1) is 5.75 Å². The van der Waals surface area contributed by atoms with Crippen molar-refractivity contribution in [1.29, 1.82) is 0 Å². The van der Waals surface area contributed by atoms with Crippen LogP contribution in [0.2, 0.25) is 0 Å². The van der Waals surface area contributed by atoms with E-state index in [4.69, 9.17) is 0 Å². The molecule has 1 aromatic carbocycles. The van der Waals surface area contributed by atoms with Crippen LogP contribution in [-0.4, -0.2) is 30.8 Å². The molecule has 158 valence electrons. The molecule has 2 heterocycles. The molecule has 8 nitrogen and oxygen atoms in total. The minimum absolute atomic E-state index is 0.0651. The van der Waals surface area contributed by atoms with Crippen molar-refractivity contribution in [3.63, 3.8) is 0 Å². The Morgan fingerprint density at radius 1 is 1.13 bits per heavy atom. The van der Waals surface area contributed by atoms with E-state index < -0.39 is 16.7 Å². The van der Waals surface area contributed by atoms with Gasteiger partial charge >= 0.3 is 5.69 Å². The van der Waals surface area contributed by atoms with Gasteiger partial charge in [-0.2, -0.15) is 0 Å². The van der Waals surface area contributed by atoms with Gasteiger partial charge in [-0.05, 0) is 24.6 Å². The zero-order valence-corrected chi connectivity index (χ0v) is 18.8. The van der Waals surface area contributed by atoms with Gasteiger partial charge < -0.3 is 5.32 Å². The fourth-order valence-corrected chi connectivity index (χ4v) is 3.74. The minimum atomic E-state index is -0.477. The zero-order valence-electron chi connectivity index (χ0n) is 17.9. The number of hydrogen-bond donors (Lipinski definition) is 1. The molecule has 30 heavy (non-hydrogen) atoms. The van der Waals surface area contributed by atoms with Gasteiger partial charge in [0, 0.05) is 25.2 Å². The summed E-state index contributed by atoms with van der Waals surface area (Å²) in [5.41, 5.74) is 0.687. The summed E-state index contributed by atoms with van der Waals surface area (Å²) < 4.78 is 2.36. The number of carbonyl (C=O) groups is 1. The number of amides is 1. The van der Waals surface area contributed by atoms with Gasteiger partial charge in [0.1, 0.15) is 16.2 Å². The van der Waals surface area contributed by atoms with Crippen molar-refractivity contribution in [2.24, 2.45) is 14.1 Å². The molecular formula is C21H25N5O3S. The molecular weight excluding hydrogens is 402 g/mol. The summed E-state index contributed by atoms with van der Waals surface area (Å²) in [5, 5.41) is 3.48. The van der Waals surface area contributed by atoms with Crippen LogP contribution < -0.4 is 16.6 Å². The van der Waals surface area contributed by atoms with Crippen LogP contribution in [0.1, 0.15) is 32.2 Å². The van der Waals surface area contributed by atoms with Crippen LogP contribution in [0.15, 0.2) is 38.9 Å². The van der Waals surface area contributed by atoms with Crippen LogP contribution in [0.25, 0.3) is 11.0 Å². The van der Waals surface area contributed by atoms with Gasteiger partial charge in [-0.15, -0.1) is 0 Å². The lowest BCUT2D eigenvalue weighted by Gasteiger charge is -2.19. The summed E-state index contributed by atoms with van der Waals surface area (Å²) in [4.78, 5) is 46.7. The number of carbonyl (C=O) groups excluding carboxylic acids is 1. The Morgan fingerprint density at radius 2 is 1.83 bits per heavy atom. The molecule has 1 amide bonds. The Kier molecular flexibility index (Phi) is 5.85. The first-order chi connectivity index (χ1) is 14.0. The van der Waals surface area contributed by atoms with Gasteiger partial charge in [0.2, 0.25) is 5.91 Å². The van der Waals surface area contributed by atoms with Crippen molar-refractivity contribution >= 4 is 34.4 Å². The molecule has 1 N–H and O–H groups in total. The Labute approximate surface area is 178 Å². The number of rotatable bonds is 4. The number of thioether (sulfide) groups is 1. The van der Waals surface area contributed by atoms with Crippen LogP contribution in [0.4, 0.5) is 5.69 Å². The summed E-state index contributed by atoms with van der Waals surface area (Å²) in [6, 6.07) is 7.52. The third-order valence-electron chi connectivity index (χ3n) is 4.58. The number of aromatic nitrogens is 4. The fourth-order valence-electron chi connectivity index (χ4n) is 2.92. The van der Waals surface area contributed by atoms with Crippen molar-refractivity contribution < 1.29 is 4.79 Å². The number of nitrogens with one attached hydrogen (secondary N) is 1. The van der Waals surface area contributed by atoms with Gasteiger partial charge in [-0.1, -0.05) is 44.7 Å². The normalized spacial score (nSPS) is 11.7. The third kappa shape index (κ3) is 4.30. The second kappa shape index (κ2) is 8.06. The highest BCUT2D eigenvalue weighted by Gasteiger charge is 2.24. The third-order valence-corrected chi connectivity index (χ3v) is 5.55. The van der Waals surface area contributed by atoms with E-state index in [1.54, 1.807) is 7.05 Å². The van der Waals surface area contributed by atoms with Crippen LogP contribution in [0.3, 0.4) is 0 Å². The maximum atomic E-state index is 12.8. The minimum Gasteiger partial charge on any atom is -0.325 e. The molecule has 3 rings (SSSR count). The summed E-state index contributed by atoms with van der Waals surface area (Å²) >= 11 is 1.16. The van der Waals surface area contributed by atoms with Crippen molar-refractivity contribution in [3.8, 4) is 0 Å². The number of aryl methyl sites for hydroxylation is 2. The van der Waals surface area contributed by atoms with E-state index in [0.717, 1.165) is 21.9 Å². The fraction of sp³-hybridized carbons (Fsp3) is 0.381. The predicted molar refractivity (Wildman–Crippen MR) is 119 cm³/mol. The van der Waals surface area contributed by atoms with Gasteiger partial charge in [-0.25, -0.2) is 14.8 Å². The molecule has 3 aromatic rings. The van der Waals surface area contributed by atoms with Crippen molar-refractivity contribution in [3.05, 3.63) is 56.5 Å². The van der Waals surface area contributed by atoms with Crippen molar-refractivity contribution in [1.82, 2.24) is 19.1 Å². The number of nitrogens with zero attached hydrogens (tertiary/aromatic N) is 4. The maximum absolute atomic E-state index is 12.8. The molecule has 0 bridgehead atoms. The molecule has 0 aliphatic carbocycles. The molecule has 0 spiro atoms. The summed E-state index contributed by atoms with van der Waals surface area (Å²) in [6.45, 7) is 7.80. The SMILES string of the molecule is Cc1cccc(NC(=O)CSc2nc(C(C)(C)C)nc3c2c(=O)n(C)c(=O)n3C)c1. The highest BCUT2D eigenvalue weighted by atomic mass is 32.2. The first-order valence-electron chi connectivity index (χ1n) is 9.46. The molecule has 0 radical (unpaired) electrons. The molecule has 0 fully saturated rings. The quantitative estimate of drug-likeness (QED) is 0.507. The van der Waals surface area contributed by atoms with E-state index in [2.05, 4.69) is 15.3 Å². The van der Waals surface area contributed by atoms with E-state index in [9.17, 15) is 14.4 Å². The van der Waals surface area contributed by atoms with E-state index in [1.165, 1.54) is 11.6 Å². The molecule has 9 heteroatoms. The Hall–Kier alpha value is -2.94. The van der Waals surface area contributed by atoms with E-state index in [1.807, 2.05) is 52.0 Å². The molecule has 0 saturated carbocycles. The second-order valence-corrected chi connectivity index (χ2v) is 9.18. The highest BCUT2D eigenvalue weighted by molar-refractivity contribution is 8.00. The van der Waals surface area contributed by atoms with Crippen LogP contribution in [0.5, 0.6) is 0 Å². The molecule has 2 aromatic heterocycles. The number of fused-ring (bicyclic) bond motifs is 1.